The van der Waals surface area contributed by atoms with Crippen LogP contribution in [0.5, 0.6) is 0 Å². The average Bonchev–Trinajstić information content (AvgIpc) is 3.33. The second-order valence-corrected chi connectivity index (χ2v) is 15.1. The highest BCUT2D eigenvalue weighted by Crippen LogP contribution is 2.49. The zero-order valence-corrected chi connectivity index (χ0v) is 27.6. The summed E-state index contributed by atoms with van der Waals surface area (Å²) in [5.74, 6) is 0.247. The number of aromatic nitrogens is 1. The number of nitrogens with one attached hydrogen (secondary N) is 1. The molecule has 2 aromatic heterocycles. The molecule has 3 aliphatic rings. The summed E-state index contributed by atoms with van der Waals surface area (Å²) in [6, 6.07) is 12.0. The molecule has 3 aromatic rings. The standard InChI is InChI=1S/C35H42N4O5S/c1-34(2,3)44-33(42)37-25-20-39(21-25)29(41)16-22-7-6-8-23(15-22)27-17-24(9-10-36-27)30-26-18-35(4,5)19-28(40)31(26)45-32(30)38-11-13-43-14-12-38/h6-10,15,17,25H,11-14,16,18-21H2,1-5H3,(H,37,42). The molecule has 10 heteroatoms. The monoisotopic (exact) mass is 630 g/mol. The van der Waals surface area contributed by atoms with Crippen molar-refractivity contribution in [2.24, 2.45) is 5.41 Å². The van der Waals surface area contributed by atoms with Gasteiger partial charge >= 0.3 is 6.09 Å². The number of carbonyl (C=O) groups is 3. The third-order valence-electron chi connectivity index (χ3n) is 8.42. The van der Waals surface area contributed by atoms with E-state index < -0.39 is 11.7 Å². The molecule has 0 atom stereocenters. The first-order valence-corrected chi connectivity index (χ1v) is 16.5. The number of benzene rings is 1. The van der Waals surface area contributed by atoms with Crippen molar-refractivity contribution in [2.45, 2.75) is 65.5 Å². The van der Waals surface area contributed by atoms with Gasteiger partial charge in [-0.1, -0.05) is 32.0 Å². The van der Waals surface area contributed by atoms with E-state index in [1.54, 1.807) is 16.2 Å². The van der Waals surface area contributed by atoms with Gasteiger partial charge in [0.2, 0.25) is 5.91 Å². The van der Waals surface area contributed by atoms with Crippen LogP contribution in [0.4, 0.5) is 9.80 Å². The average molecular weight is 631 g/mol. The zero-order chi connectivity index (χ0) is 31.9. The molecule has 0 unspecified atom stereocenters. The fourth-order valence-electron chi connectivity index (χ4n) is 6.31. The Bertz CT molecular complexity index is 1610. The lowest BCUT2D eigenvalue weighted by atomic mass is 9.75. The molecule has 6 rings (SSSR count). The Labute approximate surface area is 268 Å². The normalized spacial score (nSPS) is 18.3. The van der Waals surface area contributed by atoms with Crippen LogP contribution in [0.1, 0.15) is 61.8 Å². The van der Waals surface area contributed by atoms with Crippen LogP contribution in [-0.4, -0.2) is 78.7 Å². The van der Waals surface area contributed by atoms with Crippen molar-refractivity contribution < 1.29 is 23.9 Å². The molecular weight excluding hydrogens is 588 g/mol. The summed E-state index contributed by atoms with van der Waals surface area (Å²) >= 11 is 1.63. The lowest BCUT2D eigenvalue weighted by molar-refractivity contribution is -0.135. The van der Waals surface area contributed by atoms with E-state index >= 15 is 0 Å². The first kappa shape index (κ1) is 31.2. The number of hydrogen-bond acceptors (Lipinski definition) is 8. The molecule has 45 heavy (non-hydrogen) atoms. The number of nitrogens with zero attached hydrogens (tertiary/aromatic N) is 3. The minimum absolute atomic E-state index is 0.0171. The number of likely N-dealkylation sites (tertiary alicyclic amines) is 1. The molecular formula is C35H42N4O5S. The number of Topliss-reactive ketones (excluding diaryl/α,β-unsaturated/α-hetero) is 1. The summed E-state index contributed by atoms with van der Waals surface area (Å²) in [6.45, 7) is 13.7. The summed E-state index contributed by atoms with van der Waals surface area (Å²) in [5.41, 5.74) is 5.34. The molecule has 0 saturated carbocycles. The predicted octanol–water partition coefficient (Wildman–Crippen LogP) is 5.75. The first-order chi connectivity index (χ1) is 21.3. The topological polar surface area (TPSA) is 101 Å². The van der Waals surface area contributed by atoms with Gasteiger partial charge in [0.1, 0.15) is 5.60 Å². The second kappa shape index (κ2) is 12.2. The number of carbonyl (C=O) groups excluding carboxylic acids is 3. The van der Waals surface area contributed by atoms with E-state index in [9.17, 15) is 14.4 Å². The number of fused-ring (bicyclic) bond motifs is 1. The Morgan fingerprint density at radius 1 is 1.09 bits per heavy atom. The summed E-state index contributed by atoms with van der Waals surface area (Å²) < 4.78 is 11.0. The van der Waals surface area contributed by atoms with E-state index in [1.165, 1.54) is 0 Å². The highest BCUT2D eigenvalue weighted by molar-refractivity contribution is 7.19. The van der Waals surface area contributed by atoms with Crippen LogP contribution in [0.25, 0.3) is 22.4 Å². The quantitative estimate of drug-likeness (QED) is 0.370. The third-order valence-corrected chi connectivity index (χ3v) is 9.75. The number of ether oxygens (including phenoxy) is 2. The Morgan fingerprint density at radius 2 is 1.84 bits per heavy atom. The van der Waals surface area contributed by atoms with E-state index in [4.69, 9.17) is 14.5 Å². The summed E-state index contributed by atoms with van der Waals surface area (Å²) in [4.78, 5) is 48.1. The van der Waals surface area contributed by atoms with Gasteiger partial charge in [-0.2, -0.15) is 0 Å². The van der Waals surface area contributed by atoms with Crippen LogP contribution in [-0.2, 0) is 27.1 Å². The maximum atomic E-state index is 13.3. The Kier molecular flexibility index (Phi) is 8.47. The van der Waals surface area contributed by atoms with Crippen LogP contribution in [0.15, 0.2) is 42.6 Å². The summed E-state index contributed by atoms with van der Waals surface area (Å²) in [7, 11) is 0. The van der Waals surface area contributed by atoms with E-state index in [2.05, 4.69) is 30.1 Å². The second-order valence-electron chi connectivity index (χ2n) is 14.1. The van der Waals surface area contributed by atoms with Crippen LogP contribution < -0.4 is 10.2 Å². The maximum Gasteiger partial charge on any atom is 0.407 e. The number of amides is 2. The van der Waals surface area contributed by atoms with Gasteiger partial charge in [-0.05, 0) is 67.5 Å². The van der Waals surface area contributed by atoms with Crippen molar-refractivity contribution in [2.75, 3.05) is 44.3 Å². The molecule has 9 nitrogen and oxygen atoms in total. The molecule has 2 fully saturated rings. The molecule has 1 aromatic carbocycles. The fourth-order valence-corrected chi connectivity index (χ4v) is 7.64. The van der Waals surface area contributed by atoms with Crippen molar-refractivity contribution >= 4 is 34.1 Å². The molecule has 1 aliphatic carbocycles. The zero-order valence-electron chi connectivity index (χ0n) is 26.8. The largest absolute Gasteiger partial charge is 0.444 e. The highest BCUT2D eigenvalue weighted by Gasteiger charge is 2.37. The SMILES string of the molecule is CC1(C)CC(=O)c2sc(N3CCOCC3)c(-c3ccnc(-c4cccc(CC(=O)N5CC(NC(=O)OC(C)(C)C)C5)c4)c3)c2C1. The Balaban J connectivity index is 1.20. The smallest absolute Gasteiger partial charge is 0.407 e. The lowest BCUT2D eigenvalue weighted by Crippen LogP contribution is -2.61. The number of thiophene rings is 1. The van der Waals surface area contributed by atoms with Crippen molar-refractivity contribution in [3.05, 3.63) is 58.6 Å². The summed E-state index contributed by atoms with van der Waals surface area (Å²) in [5, 5.41) is 3.97. The van der Waals surface area contributed by atoms with Gasteiger partial charge in [-0.15, -0.1) is 11.3 Å². The molecule has 0 spiro atoms. The van der Waals surface area contributed by atoms with Gasteiger partial charge in [-0.25, -0.2) is 4.79 Å². The molecule has 238 valence electrons. The number of anilines is 1. The van der Waals surface area contributed by atoms with Gasteiger partial charge in [0.05, 0.1) is 41.2 Å². The van der Waals surface area contributed by atoms with Crippen molar-refractivity contribution in [1.82, 2.24) is 15.2 Å². The number of morpholine rings is 1. The molecule has 1 N–H and O–H groups in total. The number of pyridine rings is 1. The number of ketones is 1. The number of rotatable bonds is 6. The first-order valence-electron chi connectivity index (χ1n) is 15.7. The van der Waals surface area contributed by atoms with Gasteiger partial charge in [0.15, 0.2) is 5.78 Å². The van der Waals surface area contributed by atoms with Crippen LogP contribution in [0.2, 0.25) is 0 Å². The van der Waals surface area contributed by atoms with E-state index in [-0.39, 0.29) is 29.6 Å². The van der Waals surface area contributed by atoms with Crippen molar-refractivity contribution in [1.29, 1.82) is 0 Å². The van der Waals surface area contributed by atoms with Gasteiger partial charge < -0.3 is 24.6 Å². The predicted molar refractivity (Wildman–Crippen MR) is 176 cm³/mol. The molecule has 2 saturated heterocycles. The van der Waals surface area contributed by atoms with Crippen molar-refractivity contribution in [3.8, 4) is 22.4 Å². The summed E-state index contributed by atoms with van der Waals surface area (Å²) in [6.07, 6.45) is 3.06. The molecule has 2 amide bonds. The Hall–Kier alpha value is -3.76. The van der Waals surface area contributed by atoms with E-state index in [0.717, 1.165) is 62.9 Å². The number of hydrogen-bond donors (Lipinski definition) is 1. The lowest BCUT2D eigenvalue weighted by Gasteiger charge is -2.39. The van der Waals surface area contributed by atoms with Crippen LogP contribution in [0, 0.1) is 5.41 Å². The van der Waals surface area contributed by atoms with Crippen molar-refractivity contribution in [3.63, 3.8) is 0 Å². The number of alkyl carbamates (subject to hydrolysis) is 1. The van der Waals surface area contributed by atoms with Crippen LogP contribution in [0.3, 0.4) is 0 Å². The van der Waals surface area contributed by atoms with E-state index in [1.807, 2.05) is 57.3 Å². The maximum absolute atomic E-state index is 13.3. The van der Waals surface area contributed by atoms with E-state index in [0.29, 0.717) is 32.7 Å². The molecule has 4 heterocycles. The molecule has 2 aliphatic heterocycles. The van der Waals surface area contributed by atoms with Crippen LogP contribution >= 0.6 is 11.3 Å². The molecule has 0 radical (unpaired) electrons. The highest BCUT2D eigenvalue weighted by atomic mass is 32.1. The van der Waals surface area contributed by atoms with Gasteiger partial charge in [0.25, 0.3) is 0 Å². The Morgan fingerprint density at radius 3 is 2.58 bits per heavy atom. The molecule has 0 bridgehead atoms. The minimum Gasteiger partial charge on any atom is -0.444 e. The fraction of sp³-hybridized carbons (Fsp3) is 0.486. The third kappa shape index (κ3) is 7.07. The van der Waals surface area contributed by atoms with Gasteiger partial charge in [0, 0.05) is 49.9 Å². The minimum atomic E-state index is -0.563. The van der Waals surface area contributed by atoms with Gasteiger partial charge in [-0.3, -0.25) is 14.6 Å².